The number of aliphatic hydroxyl groups is 1. The number of fused-ring (bicyclic) bond motifs is 1. The molecular formula is C24H26ClN7O3. The van der Waals surface area contributed by atoms with Crippen molar-refractivity contribution in [1.29, 1.82) is 0 Å². The molecule has 1 atom stereocenters. The van der Waals surface area contributed by atoms with E-state index < -0.39 is 0 Å². The summed E-state index contributed by atoms with van der Waals surface area (Å²) in [4.78, 5) is 19.8. The molecule has 1 saturated heterocycles. The van der Waals surface area contributed by atoms with Gasteiger partial charge in [0.25, 0.3) is 5.91 Å². The van der Waals surface area contributed by atoms with Crippen molar-refractivity contribution in [1.82, 2.24) is 29.3 Å². The average Bonchev–Trinajstić information content (AvgIpc) is 3.60. The van der Waals surface area contributed by atoms with Crippen LogP contribution < -0.4 is 10.1 Å². The summed E-state index contributed by atoms with van der Waals surface area (Å²) < 4.78 is 8.91. The van der Waals surface area contributed by atoms with Crippen LogP contribution in [0.5, 0.6) is 5.75 Å². The smallest absolute Gasteiger partial charge is 0.261 e. The minimum absolute atomic E-state index is 0.214. The van der Waals surface area contributed by atoms with Gasteiger partial charge in [-0.2, -0.15) is 10.2 Å². The third-order valence-corrected chi connectivity index (χ3v) is 6.46. The average molecular weight is 496 g/mol. The molecule has 4 aromatic rings. The van der Waals surface area contributed by atoms with Crippen LogP contribution in [0.15, 0.2) is 49.1 Å². The zero-order valence-electron chi connectivity index (χ0n) is 19.3. The lowest BCUT2D eigenvalue weighted by Crippen LogP contribution is -2.26. The van der Waals surface area contributed by atoms with E-state index in [1.54, 1.807) is 48.3 Å². The van der Waals surface area contributed by atoms with Crippen LogP contribution in [0.2, 0.25) is 5.02 Å². The number of methoxy groups -OCH3 is 1. The van der Waals surface area contributed by atoms with Crippen LogP contribution in [0, 0.1) is 5.92 Å². The van der Waals surface area contributed by atoms with Crippen LogP contribution in [-0.2, 0) is 6.54 Å². The van der Waals surface area contributed by atoms with E-state index in [2.05, 4.69) is 20.3 Å². The molecule has 10 nitrogen and oxygen atoms in total. The Morgan fingerprint density at radius 2 is 2.23 bits per heavy atom. The third-order valence-electron chi connectivity index (χ3n) is 6.22. The number of rotatable bonds is 8. The highest BCUT2D eigenvalue weighted by Gasteiger charge is 2.23. The number of halogens is 1. The molecule has 0 radical (unpaired) electrons. The van der Waals surface area contributed by atoms with Crippen molar-refractivity contribution in [3.8, 4) is 17.0 Å². The highest BCUT2D eigenvalue weighted by molar-refractivity contribution is 6.31. The number of benzene rings is 1. The summed E-state index contributed by atoms with van der Waals surface area (Å²) in [6, 6.07) is 7.04. The van der Waals surface area contributed by atoms with Crippen molar-refractivity contribution in [3.63, 3.8) is 0 Å². The zero-order chi connectivity index (χ0) is 24.4. The number of carbonyl (C=O) groups excluding carboxylic acids is 1. The lowest BCUT2D eigenvalue weighted by molar-refractivity contribution is 0.102. The molecule has 11 heteroatoms. The molecule has 1 amide bonds. The summed E-state index contributed by atoms with van der Waals surface area (Å²) in [5.74, 6) is 0.581. The predicted molar refractivity (Wildman–Crippen MR) is 132 cm³/mol. The largest absolute Gasteiger partial charge is 0.496 e. The molecule has 0 aliphatic carbocycles. The summed E-state index contributed by atoms with van der Waals surface area (Å²) in [6.45, 7) is 3.45. The maximum Gasteiger partial charge on any atom is 0.261 e. The fourth-order valence-corrected chi connectivity index (χ4v) is 4.55. The maximum absolute atomic E-state index is 13.2. The monoisotopic (exact) mass is 495 g/mol. The van der Waals surface area contributed by atoms with Gasteiger partial charge in [-0.05, 0) is 43.1 Å². The number of ether oxygens (including phenoxy) is 1. The standard InChI is InChI=1S/C24H26ClN7O3/c1-35-21-4-3-17(25)11-18(21)22-20(14-31(29-22)10-9-30-8-5-16(13-30)15-33)28-24(34)19-12-27-32-7-2-6-26-23(19)32/h2-4,6-7,11-12,14,16,33H,5,8-10,13,15H2,1H3,(H,28,34)/t16-/m1/s1. The van der Waals surface area contributed by atoms with Gasteiger partial charge >= 0.3 is 0 Å². The number of likely N-dealkylation sites (tertiary alicyclic amines) is 1. The quantitative estimate of drug-likeness (QED) is 0.387. The Bertz CT molecular complexity index is 1350. The number of hydrogen-bond donors (Lipinski definition) is 2. The number of carbonyl (C=O) groups is 1. The molecule has 0 unspecified atom stereocenters. The van der Waals surface area contributed by atoms with E-state index in [0.717, 1.165) is 26.1 Å². The molecule has 0 saturated carbocycles. The lowest BCUT2D eigenvalue weighted by Gasteiger charge is -2.15. The second-order valence-corrected chi connectivity index (χ2v) is 8.97. The van der Waals surface area contributed by atoms with E-state index in [4.69, 9.17) is 21.4 Å². The Morgan fingerprint density at radius 1 is 1.34 bits per heavy atom. The van der Waals surface area contributed by atoms with Crippen molar-refractivity contribution in [2.24, 2.45) is 5.92 Å². The van der Waals surface area contributed by atoms with E-state index in [9.17, 15) is 9.90 Å². The Kier molecular flexibility index (Phi) is 6.67. The summed E-state index contributed by atoms with van der Waals surface area (Å²) >= 11 is 6.29. The Balaban J connectivity index is 1.45. The second kappa shape index (κ2) is 10.0. The third kappa shape index (κ3) is 4.86. The van der Waals surface area contributed by atoms with E-state index in [1.807, 2.05) is 10.9 Å². The van der Waals surface area contributed by atoms with Crippen LogP contribution in [-0.4, -0.2) is 73.6 Å². The number of hydrogen-bond acceptors (Lipinski definition) is 7. The maximum atomic E-state index is 13.2. The molecule has 3 aromatic heterocycles. The minimum Gasteiger partial charge on any atom is -0.496 e. The van der Waals surface area contributed by atoms with Crippen molar-refractivity contribution < 1.29 is 14.6 Å². The van der Waals surface area contributed by atoms with Gasteiger partial charge < -0.3 is 20.1 Å². The Hall–Kier alpha value is -3.47. The molecule has 0 spiro atoms. The van der Waals surface area contributed by atoms with Gasteiger partial charge in [0.1, 0.15) is 17.0 Å². The molecule has 1 aromatic carbocycles. The Morgan fingerprint density at radius 3 is 3.03 bits per heavy atom. The van der Waals surface area contributed by atoms with Gasteiger partial charge in [-0.25, -0.2) is 9.50 Å². The first kappa shape index (κ1) is 23.3. The molecule has 1 aliphatic heterocycles. The SMILES string of the molecule is COc1ccc(Cl)cc1-c1nn(CCN2CC[C@@H](CO)C2)cc1NC(=O)c1cnn2cccnc12. The van der Waals surface area contributed by atoms with Gasteiger partial charge in [0, 0.05) is 48.9 Å². The molecule has 5 rings (SSSR count). The first-order valence-electron chi connectivity index (χ1n) is 11.4. The van der Waals surface area contributed by atoms with Crippen LogP contribution in [0.1, 0.15) is 16.8 Å². The van der Waals surface area contributed by atoms with E-state index >= 15 is 0 Å². The van der Waals surface area contributed by atoms with E-state index in [0.29, 0.717) is 51.4 Å². The highest BCUT2D eigenvalue weighted by atomic mass is 35.5. The normalized spacial score (nSPS) is 16.1. The van der Waals surface area contributed by atoms with Crippen molar-refractivity contribution >= 4 is 28.8 Å². The predicted octanol–water partition coefficient (Wildman–Crippen LogP) is 2.82. The summed E-state index contributed by atoms with van der Waals surface area (Å²) in [7, 11) is 1.58. The van der Waals surface area contributed by atoms with Gasteiger partial charge in [0.15, 0.2) is 5.65 Å². The number of anilines is 1. The molecular weight excluding hydrogens is 470 g/mol. The van der Waals surface area contributed by atoms with E-state index in [-0.39, 0.29) is 12.5 Å². The number of amides is 1. The number of aliphatic hydroxyl groups excluding tert-OH is 1. The second-order valence-electron chi connectivity index (χ2n) is 8.54. The first-order valence-corrected chi connectivity index (χ1v) is 11.8. The van der Waals surface area contributed by atoms with Crippen molar-refractivity contribution in [2.45, 2.75) is 13.0 Å². The van der Waals surface area contributed by atoms with Crippen LogP contribution in [0.25, 0.3) is 16.9 Å². The van der Waals surface area contributed by atoms with Gasteiger partial charge in [0.2, 0.25) is 0 Å². The zero-order valence-corrected chi connectivity index (χ0v) is 20.0. The van der Waals surface area contributed by atoms with Crippen LogP contribution >= 0.6 is 11.6 Å². The molecule has 35 heavy (non-hydrogen) atoms. The summed E-state index contributed by atoms with van der Waals surface area (Å²) in [5.41, 5.74) is 2.58. The molecule has 2 N–H and O–H groups in total. The molecule has 1 fully saturated rings. The Labute approximate surface area is 207 Å². The van der Waals surface area contributed by atoms with Gasteiger partial charge in [-0.1, -0.05) is 11.6 Å². The fraction of sp³-hybridized carbons (Fsp3) is 0.333. The molecule has 4 heterocycles. The van der Waals surface area contributed by atoms with Crippen molar-refractivity contribution in [3.05, 3.63) is 59.6 Å². The lowest BCUT2D eigenvalue weighted by atomic mass is 10.1. The number of nitrogens with zero attached hydrogens (tertiary/aromatic N) is 6. The summed E-state index contributed by atoms with van der Waals surface area (Å²) in [5, 5.41) is 21.9. The van der Waals surface area contributed by atoms with Gasteiger partial charge in [-0.15, -0.1) is 0 Å². The van der Waals surface area contributed by atoms with Gasteiger partial charge in [-0.3, -0.25) is 9.48 Å². The molecule has 1 aliphatic rings. The molecule has 0 bridgehead atoms. The molecule has 182 valence electrons. The van der Waals surface area contributed by atoms with Crippen molar-refractivity contribution in [2.75, 3.05) is 38.7 Å². The summed E-state index contributed by atoms with van der Waals surface area (Å²) in [6.07, 6.45) is 7.65. The number of aromatic nitrogens is 5. The van der Waals surface area contributed by atoms with Crippen LogP contribution in [0.3, 0.4) is 0 Å². The topological polar surface area (TPSA) is 110 Å². The first-order chi connectivity index (χ1) is 17.1. The fourth-order valence-electron chi connectivity index (χ4n) is 4.38. The van der Waals surface area contributed by atoms with E-state index in [1.165, 1.54) is 6.20 Å². The minimum atomic E-state index is -0.342. The number of nitrogens with one attached hydrogen (secondary N) is 1. The highest BCUT2D eigenvalue weighted by Crippen LogP contribution is 2.36. The van der Waals surface area contributed by atoms with Gasteiger partial charge in [0.05, 0.1) is 25.5 Å². The van der Waals surface area contributed by atoms with Crippen LogP contribution in [0.4, 0.5) is 5.69 Å².